The van der Waals surface area contributed by atoms with Crippen molar-refractivity contribution in [1.29, 1.82) is 0 Å². The van der Waals surface area contributed by atoms with E-state index in [4.69, 9.17) is 4.74 Å². The van der Waals surface area contributed by atoms with Gasteiger partial charge in [-0.1, -0.05) is 44.0 Å². The summed E-state index contributed by atoms with van der Waals surface area (Å²) >= 11 is 6.96. The maximum atomic E-state index is 5.68. The summed E-state index contributed by atoms with van der Waals surface area (Å²) in [6.45, 7) is 0.823. The number of rotatable bonds is 4. The molecule has 0 saturated carbocycles. The third-order valence-electron chi connectivity index (χ3n) is 2.61. The fourth-order valence-electron chi connectivity index (χ4n) is 1.89. The summed E-state index contributed by atoms with van der Waals surface area (Å²) in [5.74, 6) is 1.10. The lowest BCUT2D eigenvalue weighted by Gasteiger charge is -2.06. The van der Waals surface area contributed by atoms with Crippen molar-refractivity contribution in [2.75, 3.05) is 11.9 Å². The molecule has 1 nitrogen and oxygen atoms in total. The second-order valence-electron chi connectivity index (χ2n) is 3.80. The molecule has 0 atom stereocenters. The number of hydrogen-bond acceptors (Lipinski definition) is 1. The first kappa shape index (κ1) is 12.2. The van der Waals surface area contributed by atoms with E-state index in [9.17, 15) is 0 Å². The van der Waals surface area contributed by atoms with Gasteiger partial charge in [0.05, 0.1) is 6.61 Å². The maximum Gasteiger partial charge on any atom is 0.126 e. The lowest BCUT2D eigenvalue weighted by atomic mass is 10.1. The molecule has 3 heteroatoms. The van der Waals surface area contributed by atoms with E-state index in [1.165, 1.54) is 11.1 Å². The molecule has 0 fully saturated rings. The number of fused-ring (bicyclic) bond motifs is 1. The minimum absolute atomic E-state index is 0.823. The van der Waals surface area contributed by atoms with Gasteiger partial charge >= 0.3 is 0 Å². The van der Waals surface area contributed by atoms with Gasteiger partial charge in [0, 0.05) is 16.2 Å². The van der Waals surface area contributed by atoms with E-state index in [0.29, 0.717) is 0 Å². The van der Waals surface area contributed by atoms with Gasteiger partial charge in [0.1, 0.15) is 5.75 Å². The van der Waals surface area contributed by atoms with Crippen LogP contribution in [0.4, 0.5) is 0 Å². The lowest BCUT2D eigenvalue weighted by Crippen LogP contribution is -1.91. The van der Waals surface area contributed by atoms with Crippen molar-refractivity contribution in [2.24, 2.45) is 0 Å². The molecule has 86 valence electrons. The Morgan fingerprint density at radius 3 is 3.00 bits per heavy atom. The number of halogens is 2. The van der Waals surface area contributed by atoms with E-state index in [2.05, 4.69) is 56.1 Å². The Morgan fingerprint density at radius 2 is 2.19 bits per heavy atom. The van der Waals surface area contributed by atoms with Gasteiger partial charge in [0.2, 0.25) is 0 Å². The lowest BCUT2D eigenvalue weighted by molar-refractivity contribution is 0.354. The first-order valence-electron chi connectivity index (χ1n) is 5.46. The van der Waals surface area contributed by atoms with Crippen LogP contribution in [-0.4, -0.2) is 11.9 Å². The molecule has 0 N–H and O–H groups in total. The van der Waals surface area contributed by atoms with Crippen LogP contribution >= 0.6 is 31.9 Å². The molecular formula is C13H14Br2O. The number of allylic oxidation sites excluding steroid dienone is 2. The predicted octanol–water partition coefficient (Wildman–Crippen LogP) is 4.27. The van der Waals surface area contributed by atoms with Crippen molar-refractivity contribution in [2.45, 2.75) is 19.3 Å². The van der Waals surface area contributed by atoms with E-state index in [-0.39, 0.29) is 0 Å². The van der Waals surface area contributed by atoms with Crippen LogP contribution < -0.4 is 4.74 Å². The van der Waals surface area contributed by atoms with Crippen molar-refractivity contribution in [3.05, 3.63) is 39.9 Å². The molecular weight excluding hydrogens is 332 g/mol. The van der Waals surface area contributed by atoms with Crippen LogP contribution in [0.25, 0.3) is 0 Å². The molecule has 1 heterocycles. The zero-order valence-electron chi connectivity index (χ0n) is 9.01. The summed E-state index contributed by atoms with van der Waals surface area (Å²) in [5, 5.41) is 1.02. The topological polar surface area (TPSA) is 9.23 Å². The highest BCUT2D eigenvalue weighted by Gasteiger charge is 2.16. The van der Waals surface area contributed by atoms with Crippen molar-refractivity contribution in [1.82, 2.24) is 0 Å². The van der Waals surface area contributed by atoms with Crippen LogP contribution in [0.2, 0.25) is 0 Å². The third kappa shape index (κ3) is 2.89. The van der Waals surface area contributed by atoms with Crippen LogP contribution in [0.5, 0.6) is 5.75 Å². The zero-order valence-corrected chi connectivity index (χ0v) is 12.2. The smallest absolute Gasteiger partial charge is 0.126 e. The Morgan fingerprint density at radius 1 is 1.31 bits per heavy atom. The molecule has 1 aromatic carbocycles. The van der Waals surface area contributed by atoms with Gasteiger partial charge in [0.25, 0.3) is 0 Å². The second-order valence-corrected chi connectivity index (χ2v) is 5.51. The molecule has 16 heavy (non-hydrogen) atoms. The Kier molecular flexibility index (Phi) is 4.47. The molecule has 0 amide bonds. The fourth-order valence-corrected chi connectivity index (χ4v) is 2.71. The molecule has 2 rings (SSSR count). The molecule has 1 aliphatic heterocycles. The highest BCUT2D eigenvalue weighted by Crippen LogP contribution is 2.33. The molecule has 0 aliphatic carbocycles. The van der Waals surface area contributed by atoms with Gasteiger partial charge in [-0.3, -0.25) is 0 Å². The highest BCUT2D eigenvalue weighted by molar-refractivity contribution is 9.10. The number of ether oxygens (including phenoxy) is 1. The van der Waals surface area contributed by atoms with Crippen LogP contribution in [0.1, 0.15) is 17.5 Å². The monoisotopic (exact) mass is 344 g/mol. The Labute approximate surface area is 113 Å². The largest absolute Gasteiger partial charge is 0.493 e. The summed E-state index contributed by atoms with van der Waals surface area (Å²) < 4.78 is 6.83. The first-order valence-corrected chi connectivity index (χ1v) is 7.38. The minimum atomic E-state index is 0.823. The minimum Gasteiger partial charge on any atom is -0.493 e. The molecule has 1 aliphatic rings. The van der Waals surface area contributed by atoms with E-state index in [1.54, 1.807) is 0 Å². The molecule has 0 unspecified atom stereocenters. The van der Waals surface area contributed by atoms with Gasteiger partial charge < -0.3 is 4.74 Å². The van der Waals surface area contributed by atoms with Crippen LogP contribution in [-0.2, 0) is 12.8 Å². The normalized spacial score (nSPS) is 14.1. The SMILES string of the molecule is BrCC/C=C/Cc1cc(Br)cc2c1OCC2. The Bertz CT molecular complexity index is 399. The van der Waals surface area contributed by atoms with E-state index < -0.39 is 0 Å². The summed E-state index contributed by atoms with van der Waals surface area (Å²) in [7, 11) is 0. The van der Waals surface area contributed by atoms with Crippen LogP contribution in [0.3, 0.4) is 0 Å². The fraction of sp³-hybridized carbons (Fsp3) is 0.385. The van der Waals surface area contributed by atoms with E-state index in [0.717, 1.165) is 41.4 Å². The van der Waals surface area contributed by atoms with Gasteiger partial charge in [0.15, 0.2) is 0 Å². The van der Waals surface area contributed by atoms with E-state index in [1.807, 2.05) is 0 Å². The molecule has 0 bridgehead atoms. The average Bonchev–Trinajstić information content (AvgIpc) is 2.72. The van der Waals surface area contributed by atoms with Crippen LogP contribution in [0, 0.1) is 0 Å². The van der Waals surface area contributed by atoms with Gasteiger partial charge in [-0.2, -0.15) is 0 Å². The van der Waals surface area contributed by atoms with Gasteiger partial charge in [-0.15, -0.1) is 0 Å². The quantitative estimate of drug-likeness (QED) is 0.585. The Hall–Kier alpha value is -0.280. The van der Waals surface area contributed by atoms with Gasteiger partial charge in [-0.25, -0.2) is 0 Å². The van der Waals surface area contributed by atoms with E-state index >= 15 is 0 Å². The number of hydrogen-bond donors (Lipinski definition) is 0. The first-order chi connectivity index (χ1) is 7.81. The summed E-state index contributed by atoms with van der Waals surface area (Å²) in [4.78, 5) is 0. The molecule has 0 aromatic heterocycles. The maximum absolute atomic E-state index is 5.68. The van der Waals surface area contributed by atoms with Crippen molar-refractivity contribution in [3.63, 3.8) is 0 Å². The van der Waals surface area contributed by atoms with Crippen molar-refractivity contribution >= 4 is 31.9 Å². The Balaban J connectivity index is 2.14. The average molecular weight is 346 g/mol. The molecule has 0 spiro atoms. The van der Waals surface area contributed by atoms with Crippen molar-refractivity contribution < 1.29 is 4.74 Å². The van der Waals surface area contributed by atoms with Crippen LogP contribution in [0.15, 0.2) is 28.8 Å². The number of alkyl halides is 1. The number of benzene rings is 1. The predicted molar refractivity (Wildman–Crippen MR) is 74.6 cm³/mol. The van der Waals surface area contributed by atoms with Gasteiger partial charge in [-0.05, 0) is 36.1 Å². The summed E-state index contributed by atoms with van der Waals surface area (Å²) in [6, 6.07) is 4.32. The third-order valence-corrected chi connectivity index (χ3v) is 3.52. The zero-order chi connectivity index (χ0) is 11.4. The highest BCUT2D eigenvalue weighted by atomic mass is 79.9. The summed E-state index contributed by atoms with van der Waals surface area (Å²) in [5.41, 5.74) is 2.62. The van der Waals surface area contributed by atoms with Crippen molar-refractivity contribution in [3.8, 4) is 5.75 Å². The molecule has 0 saturated heterocycles. The molecule has 0 radical (unpaired) electrons. The standard InChI is InChI=1S/C13H14Br2O/c14-6-3-1-2-4-10-8-12(15)9-11-5-7-16-13(10)11/h1-2,8-9H,3-7H2/b2-1+. The summed E-state index contributed by atoms with van der Waals surface area (Å²) in [6.07, 6.45) is 7.49. The second kappa shape index (κ2) is 5.87. The molecule has 1 aromatic rings.